The Bertz CT molecular complexity index is 285. The zero-order chi connectivity index (χ0) is 13.1. The predicted octanol–water partition coefficient (Wildman–Crippen LogP) is 0.785. The number of amides is 1. The summed E-state index contributed by atoms with van der Waals surface area (Å²) in [6.07, 6.45) is 1.26. The largest absolute Gasteiger partial charge is 0.341 e. The average Bonchev–Trinajstić information content (AvgIpc) is 2.27. The quantitative estimate of drug-likeness (QED) is 0.790. The molecule has 2 fully saturated rings. The van der Waals surface area contributed by atoms with E-state index in [0.29, 0.717) is 30.3 Å². The van der Waals surface area contributed by atoms with Crippen molar-refractivity contribution in [3.63, 3.8) is 0 Å². The van der Waals surface area contributed by atoms with Gasteiger partial charge in [-0.05, 0) is 25.2 Å². The number of piperazine rings is 1. The van der Waals surface area contributed by atoms with Gasteiger partial charge in [0.2, 0.25) is 5.91 Å². The van der Waals surface area contributed by atoms with Gasteiger partial charge in [-0.15, -0.1) is 0 Å². The van der Waals surface area contributed by atoms with E-state index in [1.165, 1.54) is 6.42 Å². The minimum atomic E-state index is 0.322. The van der Waals surface area contributed by atoms with Gasteiger partial charge in [-0.3, -0.25) is 9.69 Å². The molecule has 0 radical (unpaired) electrons. The first-order chi connectivity index (χ1) is 8.54. The molecule has 2 aliphatic heterocycles. The third-order valence-corrected chi connectivity index (χ3v) is 4.03. The Morgan fingerprint density at radius 1 is 1.17 bits per heavy atom. The van der Waals surface area contributed by atoms with Gasteiger partial charge >= 0.3 is 0 Å². The molecule has 0 saturated carbocycles. The summed E-state index contributed by atoms with van der Waals surface area (Å²) in [6, 6.07) is 0.505. The van der Waals surface area contributed by atoms with Gasteiger partial charge in [-0.1, -0.05) is 13.8 Å². The van der Waals surface area contributed by atoms with Crippen molar-refractivity contribution in [3.8, 4) is 0 Å². The monoisotopic (exact) mass is 253 g/mol. The van der Waals surface area contributed by atoms with Gasteiger partial charge in [0.15, 0.2) is 0 Å². The summed E-state index contributed by atoms with van der Waals surface area (Å²) in [5.74, 6) is 1.63. The van der Waals surface area contributed by atoms with Gasteiger partial charge in [0.25, 0.3) is 0 Å². The third kappa shape index (κ3) is 3.69. The zero-order valence-electron chi connectivity index (χ0n) is 12.0. The van der Waals surface area contributed by atoms with Crippen LogP contribution in [0.4, 0.5) is 0 Å². The summed E-state index contributed by atoms with van der Waals surface area (Å²) < 4.78 is 0. The fourth-order valence-corrected chi connectivity index (χ4v) is 3.31. The summed E-state index contributed by atoms with van der Waals surface area (Å²) >= 11 is 0. The normalized spacial score (nSPS) is 34.6. The number of carbonyl (C=O) groups excluding carboxylic acids is 1. The van der Waals surface area contributed by atoms with E-state index in [2.05, 4.69) is 35.9 Å². The van der Waals surface area contributed by atoms with Gasteiger partial charge in [0.05, 0.1) is 6.54 Å². The van der Waals surface area contributed by atoms with Crippen molar-refractivity contribution in [2.75, 3.05) is 39.3 Å². The Balaban J connectivity index is 1.83. The van der Waals surface area contributed by atoms with Crippen LogP contribution in [0.2, 0.25) is 0 Å². The fraction of sp³-hybridized carbons (Fsp3) is 0.929. The predicted molar refractivity (Wildman–Crippen MR) is 73.4 cm³/mol. The highest BCUT2D eigenvalue weighted by Gasteiger charge is 2.27. The lowest BCUT2D eigenvalue weighted by molar-refractivity contribution is -0.135. The summed E-state index contributed by atoms with van der Waals surface area (Å²) in [6.45, 7) is 12.2. The number of nitrogens with one attached hydrogen (secondary N) is 1. The molecule has 0 bridgehead atoms. The minimum Gasteiger partial charge on any atom is -0.341 e. The molecule has 0 aliphatic carbocycles. The van der Waals surface area contributed by atoms with Crippen molar-refractivity contribution in [1.29, 1.82) is 0 Å². The Morgan fingerprint density at radius 3 is 2.44 bits per heavy atom. The highest BCUT2D eigenvalue weighted by atomic mass is 16.2. The van der Waals surface area contributed by atoms with Crippen LogP contribution in [0.1, 0.15) is 27.2 Å². The summed E-state index contributed by atoms with van der Waals surface area (Å²) in [7, 11) is 0. The van der Waals surface area contributed by atoms with Crippen LogP contribution in [0.25, 0.3) is 0 Å². The number of hydrogen-bond donors (Lipinski definition) is 1. The van der Waals surface area contributed by atoms with Crippen LogP contribution in [0, 0.1) is 11.8 Å². The number of likely N-dealkylation sites (tertiary alicyclic amines) is 1. The molecule has 2 rings (SSSR count). The highest BCUT2D eigenvalue weighted by Crippen LogP contribution is 2.21. The number of hydrogen-bond acceptors (Lipinski definition) is 3. The van der Waals surface area contributed by atoms with Crippen LogP contribution < -0.4 is 5.32 Å². The SMILES string of the molecule is CC1CC(C)CN(C(=O)CN2CCN[C@H](C)C2)C1. The second-order valence-electron chi connectivity index (χ2n) is 6.34. The maximum Gasteiger partial charge on any atom is 0.236 e. The van der Waals surface area contributed by atoms with Crippen molar-refractivity contribution in [3.05, 3.63) is 0 Å². The lowest BCUT2D eigenvalue weighted by atomic mass is 9.92. The first-order valence-corrected chi connectivity index (χ1v) is 7.28. The zero-order valence-corrected chi connectivity index (χ0v) is 12.0. The van der Waals surface area contributed by atoms with Crippen LogP contribution in [-0.2, 0) is 4.79 Å². The summed E-state index contributed by atoms with van der Waals surface area (Å²) in [5, 5.41) is 3.41. The van der Waals surface area contributed by atoms with Crippen LogP contribution in [-0.4, -0.2) is 61.0 Å². The molecule has 0 aromatic rings. The molecule has 3 atom stereocenters. The molecule has 4 nitrogen and oxygen atoms in total. The molecule has 0 spiro atoms. The molecule has 1 N–H and O–H groups in total. The van der Waals surface area contributed by atoms with Gasteiger partial charge in [-0.25, -0.2) is 0 Å². The van der Waals surface area contributed by atoms with E-state index in [9.17, 15) is 4.79 Å². The van der Waals surface area contributed by atoms with E-state index in [1.54, 1.807) is 0 Å². The maximum atomic E-state index is 12.3. The number of piperidine rings is 1. The number of nitrogens with zero attached hydrogens (tertiary/aromatic N) is 2. The molecule has 104 valence electrons. The van der Waals surface area contributed by atoms with Crippen molar-refractivity contribution in [2.24, 2.45) is 11.8 Å². The molecule has 2 aliphatic rings. The minimum absolute atomic E-state index is 0.322. The average molecular weight is 253 g/mol. The second kappa shape index (κ2) is 6.02. The molecule has 2 heterocycles. The number of carbonyl (C=O) groups is 1. The molecular formula is C14H27N3O. The van der Waals surface area contributed by atoms with Crippen LogP contribution >= 0.6 is 0 Å². The molecule has 0 aromatic carbocycles. The molecule has 0 aromatic heterocycles. The van der Waals surface area contributed by atoms with E-state index >= 15 is 0 Å². The molecular weight excluding hydrogens is 226 g/mol. The van der Waals surface area contributed by atoms with Crippen molar-refractivity contribution < 1.29 is 4.79 Å². The smallest absolute Gasteiger partial charge is 0.236 e. The molecule has 4 heteroatoms. The Hall–Kier alpha value is -0.610. The molecule has 2 unspecified atom stereocenters. The van der Waals surface area contributed by atoms with Crippen LogP contribution in [0.5, 0.6) is 0 Å². The Morgan fingerprint density at radius 2 is 1.83 bits per heavy atom. The first kappa shape index (κ1) is 13.8. The van der Waals surface area contributed by atoms with Crippen LogP contribution in [0.15, 0.2) is 0 Å². The second-order valence-corrected chi connectivity index (χ2v) is 6.34. The Kier molecular flexibility index (Phi) is 4.62. The molecule has 2 saturated heterocycles. The third-order valence-electron chi connectivity index (χ3n) is 4.03. The van der Waals surface area contributed by atoms with E-state index in [1.807, 2.05) is 0 Å². The maximum absolute atomic E-state index is 12.3. The molecule has 18 heavy (non-hydrogen) atoms. The summed E-state index contributed by atoms with van der Waals surface area (Å²) in [5.41, 5.74) is 0. The van der Waals surface area contributed by atoms with Crippen molar-refractivity contribution >= 4 is 5.91 Å². The van der Waals surface area contributed by atoms with E-state index in [0.717, 1.165) is 32.7 Å². The standard InChI is InChI=1S/C14H27N3O/c1-11-6-12(2)8-17(7-11)14(18)10-16-5-4-15-13(3)9-16/h11-13,15H,4-10H2,1-3H3/t11?,12?,13-/m1/s1. The lowest BCUT2D eigenvalue weighted by Crippen LogP contribution is -2.53. The van der Waals surface area contributed by atoms with Gasteiger partial charge < -0.3 is 10.2 Å². The van der Waals surface area contributed by atoms with Gasteiger partial charge in [0, 0.05) is 38.8 Å². The highest BCUT2D eigenvalue weighted by molar-refractivity contribution is 5.78. The summed E-state index contributed by atoms with van der Waals surface area (Å²) in [4.78, 5) is 16.7. The van der Waals surface area contributed by atoms with Gasteiger partial charge in [0.1, 0.15) is 0 Å². The van der Waals surface area contributed by atoms with E-state index in [-0.39, 0.29) is 0 Å². The number of rotatable bonds is 2. The molecule has 1 amide bonds. The van der Waals surface area contributed by atoms with Crippen molar-refractivity contribution in [2.45, 2.75) is 33.2 Å². The lowest BCUT2D eigenvalue weighted by Gasteiger charge is -2.37. The van der Waals surface area contributed by atoms with E-state index in [4.69, 9.17) is 0 Å². The van der Waals surface area contributed by atoms with Crippen molar-refractivity contribution in [1.82, 2.24) is 15.1 Å². The topological polar surface area (TPSA) is 35.6 Å². The van der Waals surface area contributed by atoms with Gasteiger partial charge in [-0.2, -0.15) is 0 Å². The van der Waals surface area contributed by atoms with E-state index < -0.39 is 0 Å². The fourth-order valence-electron chi connectivity index (χ4n) is 3.31. The Labute approximate surface area is 111 Å². The van der Waals surface area contributed by atoms with Crippen LogP contribution in [0.3, 0.4) is 0 Å². The first-order valence-electron chi connectivity index (χ1n) is 7.28.